The number of hydrogen-bond donors (Lipinski definition) is 1. The van der Waals surface area contributed by atoms with Crippen LogP contribution in [0.3, 0.4) is 0 Å². The van der Waals surface area contributed by atoms with E-state index in [9.17, 15) is 14.4 Å². The zero-order valence-electron chi connectivity index (χ0n) is 16.0. The summed E-state index contributed by atoms with van der Waals surface area (Å²) in [5.74, 6) is -2.75. The fourth-order valence-electron chi connectivity index (χ4n) is 2.66. The second-order valence-corrected chi connectivity index (χ2v) is 6.14. The number of rotatable bonds is 8. The summed E-state index contributed by atoms with van der Waals surface area (Å²) in [6.45, 7) is 7.56. The molecule has 2 rings (SSSR count). The molecule has 0 aromatic heterocycles. The van der Waals surface area contributed by atoms with E-state index in [4.69, 9.17) is 14.2 Å². The van der Waals surface area contributed by atoms with Crippen molar-refractivity contribution in [1.82, 2.24) is 0 Å². The first-order valence-corrected chi connectivity index (χ1v) is 9.05. The number of Topliss-reactive ketones (excluding diaryl/α,β-unsaturated/α-hetero) is 1. The van der Waals surface area contributed by atoms with Crippen molar-refractivity contribution in [1.29, 1.82) is 0 Å². The van der Waals surface area contributed by atoms with Gasteiger partial charge in [-0.05, 0) is 38.1 Å². The molecule has 1 unspecified atom stereocenters. The predicted molar refractivity (Wildman–Crippen MR) is 99.1 cm³/mol. The highest BCUT2D eigenvalue weighted by Crippen LogP contribution is 2.29. The molecule has 0 aliphatic carbocycles. The van der Waals surface area contributed by atoms with Gasteiger partial charge in [-0.25, -0.2) is 9.59 Å². The predicted octanol–water partition coefficient (Wildman–Crippen LogP) is 3.21. The van der Waals surface area contributed by atoms with Gasteiger partial charge in [0.15, 0.2) is 11.4 Å². The molecule has 146 valence electrons. The molecule has 0 bridgehead atoms. The molecule has 0 spiro atoms. The Balaban J connectivity index is 2.07. The maximum atomic E-state index is 12.2. The minimum atomic E-state index is -1.19. The van der Waals surface area contributed by atoms with Gasteiger partial charge >= 0.3 is 11.9 Å². The number of ketones is 1. The zero-order chi connectivity index (χ0) is 20.0. The van der Waals surface area contributed by atoms with E-state index in [0.29, 0.717) is 30.7 Å². The molecule has 1 heterocycles. The summed E-state index contributed by atoms with van der Waals surface area (Å²) in [6, 6.07) is 6.64. The van der Waals surface area contributed by atoms with E-state index in [1.807, 2.05) is 6.92 Å². The van der Waals surface area contributed by atoms with E-state index < -0.39 is 23.8 Å². The van der Waals surface area contributed by atoms with Gasteiger partial charge in [0.05, 0.1) is 0 Å². The summed E-state index contributed by atoms with van der Waals surface area (Å²) < 4.78 is 15.9. The van der Waals surface area contributed by atoms with Crippen LogP contribution < -0.4 is 5.32 Å². The van der Waals surface area contributed by atoms with Crippen molar-refractivity contribution in [3.63, 3.8) is 0 Å². The monoisotopic (exact) mass is 375 g/mol. The van der Waals surface area contributed by atoms with Gasteiger partial charge in [-0.3, -0.25) is 4.79 Å². The lowest BCUT2D eigenvalue weighted by molar-refractivity contribution is -0.237. The van der Waals surface area contributed by atoms with Gasteiger partial charge < -0.3 is 19.5 Å². The van der Waals surface area contributed by atoms with Crippen LogP contribution in [0.5, 0.6) is 0 Å². The van der Waals surface area contributed by atoms with Gasteiger partial charge in [0, 0.05) is 36.9 Å². The van der Waals surface area contributed by atoms with Crippen molar-refractivity contribution in [2.45, 2.75) is 52.4 Å². The molecule has 1 atom stereocenters. The molecular weight excluding hydrogens is 350 g/mol. The van der Waals surface area contributed by atoms with E-state index in [1.165, 1.54) is 6.20 Å². The Kier molecular flexibility index (Phi) is 6.74. The van der Waals surface area contributed by atoms with E-state index >= 15 is 0 Å². The summed E-state index contributed by atoms with van der Waals surface area (Å²) in [4.78, 5) is 36.5. The molecule has 7 heteroatoms. The first kappa shape index (κ1) is 20.6. The van der Waals surface area contributed by atoms with Gasteiger partial charge in [0.25, 0.3) is 5.79 Å². The fraction of sp³-hybridized carbons (Fsp3) is 0.450. The highest BCUT2D eigenvalue weighted by atomic mass is 16.7. The van der Waals surface area contributed by atoms with Crippen LogP contribution in [-0.4, -0.2) is 36.2 Å². The standard InChI is InChI=1S/C20H25NO6/c1-5-20(6-2)26-18(23)16(19(24)27-20)12-21-15-10-8-14(9-11-15)17(22)13(4)25-7-3/h8-13,21H,5-7H2,1-4H3. The second-order valence-electron chi connectivity index (χ2n) is 6.14. The third kappa shape index (κ3) is 4.74. The number of cyclic esters (lactones) is 2. The van der Waals surface area contributed by atoms with Crippen LogP contribution in [-0.2, 0) is 23.8 Å². The van der Waals surface area contributed by atoms with Crippen LogP contribution in [0.1, 0.15) is 50.9 Å². The lowest BCUT2D eigenvalue weighted by Gasteiger charge is -2.34. The van der Waals surface area contributed by atoms with Crippen LogP contribution in [0.25, 0.3) is 0 Å². The fourth-order valence-corrected chi connectivity index (χ4v) is 2.66. The molecule has 27 heavy (non-hydrogen) atoms. The third-order valence-electron chi connectivity index (χ3n) is 4.41. The van der Waals surface area contributed by atoms with Crippen LogP contribution in [0.4, 0.5) is 5.69 Å². The Bertz CT molecular complexity index is 711. The Morgan fingerprint density at radius 3 is 2.15 bits per heavy atom. The molecule has 0 radical (unpaired) electrons. The molecule has 0 amide bonds. The quantitative estimate of drug-likeness (QED) is 0.323. The molecule has 1 saturated heterocycles. The minimum Gasteiger partial charge on any atom is -0.419 e. The number of esters is 2. The zero-order valence-corrected chi connectivity index (χ0v) is 16.0. The number of carbonyl (C=O) groups is 3. The molecule has 7 nitrogen and oxygen atoms in total. The molecule has 0 saturated carbocycles. The first-order chi connectivity index (χ1) is 12.9. The van der Waals surface area contributed by atoms with Crippen molar-refractivity contribution in [3.05, 3.63) is 41.6 Å². The lowest BCUT2D eigenvalue weighted by Crippen LogP contribution is -2.45. The summed E-state index contributed by atoms with van der Waals surface area (Å²) in [5.41, 5.74) is 0.908. The molecule has 1 aromatic rings. The number of ether oxygens (including phenoxy) is 3. The molecule has 1 fully saturated rings. The molecule has 1 aliphatic rings. The van der Waals surface area contributed by atoms with E-state index in [1.54, 1.807) is 45.0 Å². The van der Waals surface area contributed by atoms with Crippen molar-refractivity contribution >= 4 is 23.4 Å². The Hall–Kier alpha value is -2.67. The smallest absolute Gasteiger partial charge is 0.350 e. The largest absolute Gasteiger partial charge is 0.419 e. The van der Waals surface area contributed by atoms with Crippen molar-refractivity contribution in [2.75, 3.05) is 11.9 Å². The van der Waals surface area contributed by atoms with Gasteiger partial charge in [-0.2, -0.15) is 0 Å². The number of benzene rings is 1. The highest BCUT2D eigenvalue weighted by molar-refractivity contribution is 6.15. The molecule has 1 N–H and O–H groups in total. The number of nitrogens with one attached hydrogen (secondary N) is 1. The topological polar surface area (TPSA) is 90.9 Å². The van der Waals surface area contributed by atoms with E-state index in [2.05, 4.69) is 5.32 Å². The first-order valence-electron chi connectivity index (χ1n) is 9.05. The van der Waals surface area contributed by atoms with E-state index in [-0.39, 0.29) is 11.4 Å². The Labute approximate surface area is 158 Å². The van der Waals surface area contributed by atoms with Gasteiger partial charge in [0.2, 0.25) is 0 Å². The average molecular weight is 375 g/mol. The Morgan fingerprint density at radius 2 is 1.67 bits per heavy atom. The van der Waals surface area contributed by atoms with Crippen LogP contribution in [0.15, 0.2) is 36.0 Å². The van der Waals surface area contributed by atoms with Gasteiger partial charge in [0.1, 0.15) is 6.10 Å². The Morgan fingerprint density at radius 1 is 1.11 bits per heavy atom. The maximum absolute atomic E-state index is 12.2. The van der Waals surface area contributed by atoms with Crippen LogP contribution in [0.2, 0.25) is 0 Å². The molecule has 1 aliphatic heterocycles. The van der Waals surface area contributed by atoms with Gasteiger partial charge in [-0.1, -0.05) is 13.8 Å². The van der Waals surface area contributed by atoms with Gasteiger partial charge in [-0.15, -0.1) is 0 Å². The maximum Gasteiger partial charge on any atom is 0.350 e. The van der Waals surface area contributed by atoms with Crippen LogP contribution in [0, 0.1) is 0 Å². The minimum absolute atomic E-state index is 0.114. The average Bonchev–Trinajstić information content (AvgIpc) is 2.67. The summed E-state index contributed by atoms with van der Waals surface area (Å²) in [6.07, 6.45) is 1.51. The number of hydrogen-bond acceptors (Lipinski definition) is 7. The number of anilines is 1. The molecular formula is C20H25NO6. The summed E-state index contributed by atoms with van der Waals surface area (Å²) in [5, 5.41) is 2.85. The van der Waals surface area contributed by atoms with Crippen molar-refractivity contribution in [2.24, 2.45) is 0 Å². The third-order valence-corrected chi connectivity index (χ3v) is 4.41. The summed E-state index contributed by atoms with van der Waals surface area (Å²) >= 11 is 0. The normalized spacial score (nSPS) is 17.0. The van der Waals surface area contributed by atoms with Crippen LogP contribution >= 0.6 is 0 Å². The number of carbonyl (C=O) groups excluding carboxylic acids is 3. The SMILES string of the molecule is CCOC(C)C(=O)c1ccc(NC=C2C(=O)OC(CC)(CC)OC2=O)cc1. The highest BCUT2D eigenvalue weighted by Gasteiger charge is 2.43. The summed E-state index contributed by atoms with van der Waals surface area (Å²) in [7, 11) is 0. The van der Waals surface area contributed by atoms with Crippen molar-refractivity contribution in [3.8, 4) is 0 Å². The second kappa shape index (κ2) is 8.81. The van der Waals surface area contributed by atoms with Crippen molar-refractivity contribution < 1.29 is 28.6 Å². The molecule has 1 aromatic carbocycles. The lowest BCUT2D eigenvalue weighted by atomic mass is 10.1. The van der Waals surface area contributed by atoms with E-state index in [0.717, 1.165) is 0 Å².